The highest BCUT2D eigenvalue weighted by Crippen LogP contribution is 2.10. The molecule has 0 radical (unpaired) electrons. The highest BCUT2D eigenvalue weighted by atomic mass is 15.0. The molecule has 0 aliphatic rings. The molecule has 0 fully saturated rings. The monoisotopic (exact) mass is 278 g/mol. The summed E-state index contributed by atoms with van der Waals surface area (Å²) >= 11 is 0. The Bertz CT molecular complexity index is 624. The normalized spacial score (nSPS) is 9.43. The number of nitrogens with zero attached hydrogens (tertiary/aromatic N) is 4. The summed E-state index contributed by atoms with van der Waals surface area (Å²) in [6.07, 6.45) is 4.10. The minimum Gasteiger partial charge on any atom is -0.369 e. The van der Waals surface area contributed by atoms with Crippen molar-refractivity contribution in [2.24, 2.45) is 0 Å². The van der Waals surface area contributed by atoms with E-state index in [2.05, 4.69) is 32.7 Å². The van der Waals surface area contributed by atoms with E-state index in [1.165, 1.54) is 0 Å². The SMILES string of the molecule is N#Cc1cccnc1NCCCNc1ncccc1C#N. The fourth-order valence-corrected chi connectivity index (χ4v) is 1.77. The molecule has 0 amide bonds. The van der Waals surface area contributed by atoms with Gasteiger partial charge in [0.25, 0.3) is 0 Å². The van der Waals surface area contributed by atoms with Gasteiger partial charge in [0.2, 0.25) is 0 Å². The fraction of sp³-hybridized carbons (Fsp3) is 0.200. The largest absolute Gasteiger partial charge is 0.369 e. The standard InChI is InChI=1S/C15H14N6/c16-10-12-4-1-6-18-14(12)20-8-3-9-21-15-13(11-17)5-2-7-19-15/h1-2,4-7H,3,8-9H2,(H,18,20)(H,19,21). The van der Waals surface area contributed by atoms with Gasteiger partial charge in [0.05, 0.1) is 11.1 Å². The molecule has 0 atom stereocenters. The van der Waals surface area contributed by atoms with E-state index in [1.807, 2.05) is 0 Å². The van der Waals surface area contributed by atoms with Crippen LogP contribution in [0.15, 0.2) is 36.7 Å². The van der Waals surface area contributed by atoms with Crippen LogP contribution in [-0.4, -0.2) is 23.1 Å². The zero-order chi connectivity index (χ0) is 14.9. The van der Waals surface area contributed by atoms with Crippen molar-refractivity contribution >= 4 is 11.6 Å². The molecule has 6 heteroatoms. The number of pyridine rings is 2. The first-order valence-electron chi connectivity index (χ1n) is 6.53. The van der Waals surface area contributed by atoms with Gasteiger partial charge in [0, 0.05) is 25.5 Å². The van der Waals surface area contributed by atoms with E-state index in [1.54, 1.807) is 36.7 Å². The lowest BCUT2D eigenvalue weighted by Gasteiger charge is -2.08. The number of aromatic nitrogens is 2. The molecule has 0 bridgehead atoms. The Morgan fingerprint density at radius 3 is 1.76 bits per heavy atom. The maximum Gasteiger partial charge on any atom is 0.143 e. The zero-order valence-corrected chi connectivity index (χ0v) is 11.4. The third-order valence-electron chi connectivity index (χ3n) is 2.79. The summed E-state index contributed by atoms with van der Waals surface area (Å²) in [6.45, 7) is 1.35. The number of nitriles is 2. The van der Waals surface area contributed by atoms with Crippen LogP contribution in [0.5, 0.6) is 0 Å². The van der Waals surface area contributed by atoms with E-state index < -0.39 is 0 Å². The summed E-state index contributed by atoms with van der Waals surface area (Å²) in [6, 6.07) is 11.1. The summed E-state index contributed by atoms with van der Waals surface area (Å²) in [4.78, 5) is 8.25. The molecule has 0 aliphatic heterocycles. The molecule has 104 valence electrons. The molecule has 2 aromatic heterocycles. The third-order valence-corrected chi connectivity index (χ3v) is 2.79. The second-order valence-corrected chi connectivity index (χ2v) is 4.23. The Morgan fingerprint density at radius 2 is 1.33 bits per heavy atom. The molecule has 0 spiro atoms. The third kappa shape index (κ3) is 3.92. The average molecular weight is 278 g/mol. The molecule has 2 aromatic rings. The molecular formula is C15H14N6. The maximum absolute atomic E-state index is 8.95. The highest BCUT2D eigenvalue weighted by molar-refractivity contribution is 5.52. The Morgan fingerprint density at radius 1 is 0.857 bits per heavy atom. The Hall–Kier alpha value is -3.12. The number of anilines is 2. The molecule has 2 heterocycles. The van der Waals surface area contributed by atoms with Crippen LogP contribution >= 0.6 is 0 Å². The zero-order valence-electron chi connectivity index (χ0n) is 11.4. The summed E-state index contributed by atoms with van der Waals surface area (Å²) < 4.78 is 0. The average Bonchev–Trinajstić information content (AvgIpc) is 2.55. The minimum atomic E-state index is 0.530. The van der Waals surface area contributed by atoms with Crippen LogP contribution in [0.2, 0.25) is 0 Å². The van der Waals surface area contributed by atoms with Gasteiger partial charge in [-0.2, -0.15) is 10.5 Å². The Balaban J connectivity index is 1.78. The molecule has 0 saturated heterocycles. The van der Waals surface area contributed by atoms with E-state index in [-0.39, 0.29) is 0 Å². The van der Waals surface area contributed by atoms with Crippen molar-refractivity contribution in [3.05, 3.63) is 47.8 Å². The van der Waals surface area contributed by atoms with Crippen molar-refractivity contribution < 1.29 is 0 Å². The number of hydrogen-bond acceptors (Lipinski definition) is 6. The molecular weight excluding hydrogens is 264 g/mol. The lowest BCUT2D eigenvalue weighted by atomic mass is 10.2. The molecule has 2 rings (SSSR count). The quantitative estimate of drug-likeness (QED) is 0.786. The van der Waals surface area contributed by atoms with Crippen LogP contribution < -0.4 is 10.6 Å². The second-order valence-electron chi connectivity index (χ2n) is 4.23. The van der Waals surface area contributed by atoms with Gasteiger partial charge in [-0.05, 0) is 30.7 Å². The predicted octanol–water partition coefficient (Wildman–Crippen LogP) is 2.13. The first-order valence-corrected chi connectivity index (χ1v) is 6.53. The van der Waals surface area contributed by atoms with Crippen LogP contribution in [0.25, 0.3) is 0 Å². The molecule has 21 heavy (non-hydrogen) atoms. The number of hydrogen-bond donors (Lipinski definition) is 2. The number of nitrogens with one attached hydrogen (secondary N) is 2. The Labute approximate surface area is 123 Å². The topological polar surface area (TPSA) is 97.4 Å². The lowest BCUT2D eigenvalue weighted by molar-refractivity contribution is 0.897. The molecule has 0 aromatic carbocycles. The Kier molecular flexibility index (Phi) is 5.08. The van der Waals surface area contributed by atoms with Crippen molar-refractivity contribution in [1.29, 1.82) is 10.5 Å². The predicted molar refractivity (Wildman–Crippen MR) is 79.5 cm³/mol. The minimum absolute atomic E-state index is 0.530. The van der Waals surface area contributed by atoms with Crippen molar-refractivity contribution in [3.63, 3.8) is 0 Å². The van der Waals surface area contributed by atoms with Crippen LogP contribution in [0.3, 0.4) is 0 Å². The van der Waals surface area contributed by atoms with E-state index in [9.17, 15) is 0 Å². The van der Waals surface area contributed by atoms with Gasteiger partial charge in [0.1, 0.15) is 23.8 Å². The van der Waals surface area contributed by atoms with Gasteiger partial charge < -0.3 is 10.6 Å². The molecule has 0 saturated carbocycles. The molecule has 0 aliphatic carbocycles. The first kappa shape index (κ1) is 14.3. The lowest BCUT2D eigenvalue weighted by Crippen LogP contribution is -2.11. The van der Waals surface area contributed by atoms with Gasteiger partial charge in [-0.25, -0.2) is 9.97 Å². The smallest absolute Gasteiger partial charge is 0.143 e. The van der Waals surface area contributed by atoms with Gasteiger partial charge in [-0.15, -0.1) is 0 Å². The van der Waals surface area contributed by atoms with Crippen LogP contribution in [0.4, 0.5) is 11.6 Å². The van der Waals surface area contributed by atoms with Crippen LogP contribution in [0, 0.1) is 22.7 Å². The number of rotatable bonds is 6. The van der Waals surface area contributed by atoms with Crippen molar-refractivity contribution in [1.82, 2.24) is 9.97 Å². The van der Waals surface area contributed by atoms with E-state index in [0.717, 1.165) is 6.42 Å². The first-order chi connectivity index (χ1) is 10.3. The summed E-state index contributed by atoms with van der Waals surface area (Å²) in [5.74, 6) is 1.19. The van der Waals surface area contributed by atoms with Gasteiger partial charge in [-0.3, -0.25) is 0 Å². The molecule has 6 nitrogen and oxygen atoms in total. The van der Waals surface area contributed by atoms with Crippen LogP contribution in [-0.2, 0) is 0 Å². The van der Waals surface area contributed by atoms with E-state index in [0.29, 0.717) is 35.9 Å². The maximum atomic E-state index is 8.95. The molecule has 0 unspecified atom stereocenters. The summed E-state index contributed by atoms with van der Waals surface area (Å²) in [5.41, 5.74) is 1.06. The van der Waals surface area contributed by atoms with E-state index in [4.69, 9.17) is 10.5 Å². The van der Waals surface area contributed by atoms with Gasteiger partial charge >= 0.3 is 0 Å². The fourth-order valence-electron chi connectivity index (χ4n) is 1.77. The van der Waals surface area contributed by atoms with Crippen molar-refractivity contribution in [2.45, 2.75) is 6.42 Å². The van der Waals surface area contributed by atoms with Crippen LogP contribution in [0.1, 0.15) is 17.5 Å². The summed E-state index contributed by atoms with van der Waals surface area (Å²) in [5, 5.41) is 24.1. The summed E-state index contributed by atoms with van der Waals surface area (Å²) in [7, 11) is 0. The highest BCUT2D eigenvalue weighted by Gasteiger charge is 2.02. The van der Waals surface area contributed by atoms with Crippen molar-refractivity contribution in [2.75, 3.05) is 23.7 Å². The van der Waals surface area contributed by atoms with E-state index >= 15 is 0 Å². The van der Waals surface area contributed by atoms with Crippen molar-refractivity contribution in [3.8, 4) is 12.1 Å². The molecule has 2 N–H and O–H groups in total. The second kappa shape index (κ2) is 7.46. The van der Waals surface area contributed by atoms with Gasteiger partial charge in [-0.1, -0.05) is 0 Å². The van der Waals surface area contributed by atoms with Gasteiger partial charge in [0.15, 0.2) is 0 Å².